The third-order valence-electron chi connectivity index (χ3n) is 1.28. The number of nitrogens with zero attached hydrogens (tertiary/aromatic N) is 1. The second-order valence-electron chi connectivity index (χ2n) is 3.72. The summed E-state index contributed by atoms with van der Waals surface area (Å²) in [6, 6.07) is -0.485. The smallest absolute Gasteiger partial charge is 0.355 e. The third kappa shape index (κ3) is 2.85. The minimum atomic E-state index is -0.550. The molecule has 0 aromatic rings. The van der Waals surface area contributed by atoms with Crippen molar-refractivity contribution in [2.75, 3.05) is 6.54 Å². The van der Waals surface area contributed by atoms with E-state index in [1.54, 1.807) is 20.8 Å². The highest BCUT2D eigenvalue weighted by Gasteiger charge is 2.25. The van der Waals surface area contributed by atoms with Crippen molar-refractivity contribution in [3.63, 3.8) is 0 Å². The zero-order valence-corrected chi connectivity index (χ0v) is 7.88. The monoisotopic (exact) mass is 184 g/mol. The summed E-state index contributed by atoms with van der Waals surface area (Å²) in [5.74, 6) is -0.536. The van der Waals surface area contributed by atoms with E-state index in [9.17, 15) is 9.59 Å². The van der Waals surface area contributed by atoms with Crippen molar-refractivity contribution in [1.82, 2.24) is 5.32 Å². The Balaban J connectivity index is 2.59. The summed E-state index contributed by atoms with van der Waals surface area (Å²) in [6.07, 6.45) is 0. The molecule has 0 unspecified atom stereocenters. The van der Waals surface area contributed by atoms with Crippen molar-refractivity contribution in [3.8, 4) is 0 Å². The number of ether oxygens (including phenoxy) is 1. The molecule has 0 spiro atoms. The zero-order chi connectivity index (χ0) is 10.1. The Bertz CT molecular complexity index is 276. The summed E-state index contributed by atoms with van der Waals surface area (Å²) in [5, 5.41) is 2.39. The molecule has 5 nitrogen and oxygen atoms in total. The molecule has 0 radical (unpaired) electrons. The van der Waals surface area contributed by atoms with Crippen LogP contribution in [-0.2, 0) is 9.53 Å². The number of carbonyl (C=O) groups excluding carboxylic acids is 2. The van der Waals surface area contributed by atoms with Crippen LogP contribution in [0.15, 0.2) is 4.99 Å². The number of hydrogen-bond donors (Lipinski definition) is 1. The first kappa shape index (κ1) is 9.70. The molecule has 1 N–H and O–H groups in total. The second kappa shape index (κ2) is 3.16. The molecule has 72 valence electrons. The van der Waals surface area contributed by atoms with E-state index in [0.717, 1.165) is 0 Å². The summed E-state index contributed by atoms with van der Waals surface area (Å²) in [5.41, 5.74) is -0.412. The molecule has 0 aliphatic carbocycles. The van der Waals surface area contributed by atoms with Crippen molar-refractivity contribution in [2.24, 2.45) is 4.99 Å². The maximum absolute atomic E-state index is 11.3. The number of nitrogens with one attached hydrogen (secondary N) is 1. The Kier molecular flexibility index (Phi) is 2.36. The van der Waals surface area contributed by atoms with Gasteiger partial charge in [0, 0.05) is 0 Å². The van der Waals surface area contributed by atoms with Gasteiger partial charge in [0.25, 0.3) is 0 Å². The Hall–Kier alpha value is -1.39. The Morgan fingerprint density at radius 1 is 1.54 bits per heavy atom. The summed E-state index contributed by atoms with van der Waals surface area (Å²) in [4.78, 5) is 25.3. The molecule has 1 heterocycles. The predicted molar refractivity (Wildman–Crippen MR) is 46.7 cm³/mol. The molecule has 5 heteroatoms. The minimum Gasteiger partial charge on any atom is -0.455 e. The Morgan fingerprint density at radius 2 is 2.15 bits per heavy atom. The summed E-state index contributed by atoms with van der Waals surface area (Å²) in [7, 11) is 0. The van der Waals surface area contributed by atoms with Gasteiger partial charge in [0.1, 0.15) is 5.60 Å². The fourth-order valence-corrected chi connectivity index (χ4v) is 0.816. The SMILES string of the molecule is CC(C)(C)OC(=O)C1=NC(=O)NC1. The van der Waals surface area contributed by atoms with Gasteiger partial charge in [0.05, 0.1) is 6.54 Å². The lowest BCUT2D eigenvalue weighted by molar-refractivity contribution is -0.146. The normalized spacial score (nSPS) is 16.5. The number of urea groups is 1. The summed E-state index contributed by atoms with van der Waals surface area (Å²) in [6.45, 7) is 5.44. The van der Waals surface area contributed by atoms with Crippen LogP contribution in [-0.4, -0.2) is 29.9 Å². The van der Waals surface area contributed by atoms with E-state index in [-0.39, 0.29) is 12.3 Å². The van der Waals surface area contributed by atoms with Gasteiger partial charge in [0.15, 0.2) is 5.71 Å². The molecule has 1 aliphatic heterocycles. The van der Waals surface area contributed by atoms with Crippen molar-refractivity contribution in [2.45, 2.75) is 26.4 Å². The fourth-order valence-electron chi connectivity index (χ4n) is 0.816. The molecule has 0 saturated heterocycles. The van der Waals surface area contributed by atoms with Gasteiger partial charge in [-0.05, 0) is 20.8 Å². The van der Waals surface area contributed by atoms with Crippen LogP contribution >= 0.6 is 0 Å². The number of carbonyl (C=O) groups is 2. The first-order chi connectivity index (χ1) is 5.88. The van der Waals surface area contributed by atoms with Crippen LogP contribution in [0.25, 0.3) is 0 Å². The van der Waals surface area contributed by atoms with Gasteiger partial charge in [-0.2, -0.15) is 4.99 Å². The predicted octanol–water partition coefficient (Wildman–Crippen LogP) is 0.492. The van der Waals surface area contributed by atoms with Crippen molar-refractivity contribution in [3.05, 3.63) is 0 Å². The minimum absolute atomic E-state index is 0.139. The molecule has 0 saturated carbocycles. The fraction of sp³-hybridized carbons (Fsp3) is 0.625. The molecule has 2 amide bonds. The standard InChI is InChI=1S/C8H12N2O3/c1-8(2,3)13-6(11)5-4-9-7(12)10-5/h4H2,1-3H3,(H,9,12). The number of esters is 1. The summed E-state index contributed by atoms with van der Waals surface area (Å²) >= 11 is 0. The van der Waals surface area contributed by atoms with E-state index in [2.05, 4.69) is 10.3 Å². The van der Waals surface area contributed by atoms with Crippen LogP contribution in [0, 0.1) is 0 Å². The molecule has 0 aromatic heterocycles. The van der Waals surface area contributed by atoms with E-state index in [1.807, 2.05) is 0 Å². The third-order valence-corrected chi connectivity index (χ3v) is 1.28. The maximum atomic E-state index is 11.3. The average Bonchev–Trinajstić information content (AvgIpc) is 2.31. The molecule has 0 fully saturated rings. The van der Waals surface area contributed by atoms with Gasteiger partial charge in [-0.25, -0.2) is 9.59 Å². The Labute approximate surface area is 76.2 Å². The van der Waals surface area contributed by atoms with Crippen molar-refractivity contribution >= 4 is 17.7 Å². The highest BCUT2D eigenvalue weighted by atomic mass is 16.6. The molecule has 0 atom stereocenters. The van der Waals surface area contributed by atoms with Crippen LogP contribution < -0.4 is 5.32 Å². The molecule has 1 aliphatic rings. The number of hydrogen-bond acceptors (Lipinski definition) is 3. The number of aliphatic imine (C=N–C) groups is 1. The number of rotatable bonds is 1. The van der Waals surface area contributed by atoms with Gasteiger partial charge in [0.2, 0.25) is 0 Å². The lowest BCUT2D eigenvalue weighted by Gasteiger charge is -2.18. The van der Waals surface area contributed by atoms with Crippen LogP contribution in [0.1, 0.15) is 20.8 Å². The second-order valence-corrected chi connectivity index (χ2v) is 3.72. The van der Waals surface area contributed by atoms with Crippen LogP contribution in [0.4, 0.5) is 4.79 Å². The number of amides is 2. The zero-order valence-electron chi connectivity index (χ0n) is 7.88. The first-order valence-electron chi connectivity index (χ1n) is 3.97. The molecular weight excluding hydrogens is 172 g/mol. The molecule has 0 bridgehead atoms. The highest BCUT2D eigenvalue weighted by Crippen LogP contribution is 2.08. The van der Waals surface area contributed by atoms with E-state index in [0.29, 0.717) is 0 Å². The van der Waals surface area contributed by atoms with Crippen LogP contribution in [0.3, 0.4) is 0 Å². The van der Waals surface area contributed by atoms with Crippen LogP contribution in [0.5, 0.6) is 0 Å². The maximum Gasteiger partial charge on any atom is 0.355 e. The van der Waals surface area contributed by atoms with E-state index >= 15 is 0 Å². The van der Waals surface area contributed by atoms with Crippen molar-refractivity contribution < 1.29 is 14.3 Å². The van der Waals surface area contributed by atoms with E-state index in [1.165, 1.54) is 0 Å². The van der Waals surface area contributed by atoms with Crippen LogP contribution in [0.2, 0.25) is 0 Å². The molecule has 13 heavy (non-hydrogen) atoms. The van der Waals surface area contributed by atoms with Gasteiger partial charge in [-0.1, -0.05) is 0 Å². The Morgan fingerprint density at radius 3 is 2.54 bits per heavy atom. The lowest BCUT2D eigenvalue weighted by Crippen LogP contribution is -2.31. The lowest BCUT2D eigenvalue weighted by atomic mass is 10.2. The highest BCUT2D eigenvalue weighted by molar-refractivity contribution is 6.40. The summed E-state index contributed by atoms with van der Waals surface area (Å²) < 4.78 is 5.01. The largest absolute Gasteiger partial charge is 0.455 e. The molecular formula is C8H12N2O3. The van der Waals surface area contributed by atoms with Gasteiger partial charge < -0.3 is 10.1 Å². The van der Waals surface area contributed by atoms with Gasteiger partial charge in [-0.15, -0.1) is 0 Å². The van der Waals surface area contributed by atoms with Gasteiger partial charge >= 0.3 is 12.0 Å². The topological polar surface area (TPSA) is 67.8 Å². The van der Waals surface area contributed by atoms with E-state index < -0.39 is 17.6 Å². The van der Waals surface area contributed by atoms with Crippen molar-refractivity contribution in [1.29, 1.82) is 0 Å². The quantitative estimate of drug-likeness (QED) is 0.603. The van der Waals surface area contributed by atoms with E-state index in [4.69, 9.17) is 4.74 Å². The average molecular weight is 184 g/mol. The molecule has 0 aromatic carbocycles. The van der Waals surface area contributed by atoms with Gasteiger partial charge in [-0.3, -0.25) is 0 Å². The first-order valence-corrected chi connectivity index (χ1v) is 3.97. The molecule has 1 rings (SSSR count).